The lowest BCUT2D eigenvalue weighted by molar-refractivity contribution is 0.0594. The number of likely N-dealkylation sites (N-methyl/N-ethyl adjacent to an activating group) is 1. The fourth-order valence-electron chi connectivity index (χ4n) is 2.35. The fourth-order valence-corrected chi connectivity index (χ4v) is 2.35. The molecule has 1 aromatic heterocycles. The van der Waals surface area contributed by atoms with Crippen molar-refractivity contribution in [3.05, 3.63) is 30.0 Å². The zero-order valence-corrected chi connectivity index (χ0v) is 15.2. The van der Waals surface area contributed by atoms with Crippen LogP contribution in [0.3, 0.4) is 0 Å². The van der Waals surface area contributed by atoms with Gasteiger partial charge >= 0.3 is 5.97 Å². The van der Waals surface area contributed by atoms with E-state index in [1.807, 2.05) is 24.3 Å². The quantitative estimate of drug-likeness (QED) is 0.696. The third-order valence-corrected chi connectivity index (χ3v) is 3.90. The Balaban J connectivity index is 2.17. The molecule has 8 nitrogen and oxygen atoms in total. The van der Waals surface area contributed by atoms with Crippen molar-refractivity contribution in [2.24, 2.45) is 0 Å². The Bertz CT molecular complexity index is 680. The number of hydrogen-bond donors (Lipinski definition) is 1. The van der Waals surface area contributed by atoms with E-state index in [1.165, 1.54) is 11.9 Å². The van der Waals surface area contributed by atoms with Crippen LogP contribution in [0.5, 0.6) is 5.75 Å². The molecule has 25 heavy (non-hydrogen) atoms. The van der Waals surface area contributed by atoms with Crippen molar-refractivity contribution in [3.8, 4) is 5.75 Å². The van der Waals surface area contributed by atoms with Crippen molar-refractivity contribution in [2.45, 2.75) is 20.4 Å². The SMILES string of the molecule is CCN(CC)CCn1nc(Nc2ccc(OC)cc2)c(C(=O)OC)n1. The van der Waals surface area contributed by atoms with Crippen molar-refractivity contribution in [2.75, 3.05) is 39.2 Å². The summed E-state index contributed by atoms with van der Waals surface area (Å²) in [4.78, 5) is 15.8. The molecule has 1 heterocycles. The molecule has 0 aliphatic heterocycles. The van der Waals surface area contributed by atoms with Crippen molar-refractivity contribution >= 4 is 17.5 Å². The number of nitrogens with one attached hydrogen (secondary N) is 1. The molecule has 8 heteroatoms. The number of aromatic nitrogens is 3. The second kappa shape index (κ2) is 9.03. The first kappa shape index (κ1) is 18.7. The highest BCUT2D eigenvalue weighted by atomic mass is 16.5. The molecular formula is C17H25N5O3. The van der Waals surface area contributed by atoms with Gasteiger partial charge in [0.05, 0.1) is 20.8 Å². The molecule has 2 rings (SSSR count). The minimum atomic E-state index is -0.523. The molecule has 1 N–H and O–H groups in total. The van der Waals surface area contributed by atoms with Crippen LogP contribution in [0, 0.1) is 0 Å². The van der Waals surface area contributed by atoms with Gasteiger partial charge in [0.25, 0.3) is 0 Å². The first-order valence-corrected chi connectivity index (χ1v) is 8.28. The van der Waals surface area contributed by atoms with Crippen LogP contribution in [-0.4, -0.2) is 59.7 Å². The van der Waals surface area contributed by atoms with E-state index >= 15 is 0 Å². The number of anilines is 2. The molecule has 0 radical (unpaired) electrons. The summed E-state index contributed by atoms with van der Waals surface area (Å²) in [5.41, 5.74) is 0.944. The highest BCUT2D eigenvalue weighted by Crippen LogP contribution is 2.21. The summed E-state index contributed by atoms with van der Waals surface area (Å²) in [5, 5.41) is 11.8. The Morgan fingerprint density at radius 3 is 2.40 bits per heavy atom. The van der Waals surface area contributed by atoms with Crippen LogP contribution in [0.15, 0.2) is 24.3 Å². The Morgan fingerprint density at radius 1 is 1.16 bits per heavy atom. The number of ether oxygens (including phenoxy) is 2. The van der Waals surface area contributed by atoms with E-state index in [2.05, 4.69) is 34.3 Å². The monoisotopic (exact) mass is 347 g/mol. The molecule has 0 saturated heterocycles. The van der Waals surface area contributed by atoms with Crippen molar-refractivity contribution in [3.63, 3.8) is 0 Å². The molecule has 0 aliphatic carbocycles. The van der Waals surface area contributed by atoms with Gasteiger partial charge in [0, 0.05) is 12.2 Å². The van der Waals surface area contributed by atoms with Gasteiger partial charge in [-0.1, -0.05) is 13.8 Å². The van der Waals surface area contributed by atoms with Crippen LogP contribution < -0.4 is 10.1 Å². The molecule has 0 bridgehead atoms. The molecule has 0 fully saturated rings. The Kier molecular flexibility index (Phi) is 6.76. The smallest absolute Gasteiger partial charge is 0.362 e. The van der Waals surface area contributed by atoms with Crippen LogP contribution in [0.2, 0.25) is 0 Å². The Morgan fingerprint density at radius 2 is 1.84 bits per heavy atom. The van der Waals surface area contributed by atoms with Gasteiger partial charge in [-0.2, -0.15) is 4.80 Å². The van der Waals surface area contributed by atoms with E-state index in [1.54, 1.807) is 7.11 Å². The lowest BCUT2D eigenvalue weighted by Crippen LogP contribution is -2.27. The lowest BCUT2D eigenvalue weighted by atomic mass is 10.3. The predicted molar refractivity (Wildman–Crippen MR) is 95.4 cm³/mol. The topological polar surface area (TPSA) is 81.5 Å². The maximum Gasteiger partial charge on any atom is 0.362 e. The number of rotatable bonds is 9. The van der Waals surface area contributed by atoms with Gasteiger partial charge in [-0.3, -0.25) is 0 Å². The molecular weight excluding hydrogens is 322 g/mol. The fraction of sp³-hybridized carbons (Fsp3) is 0.471. The van der Waals surface area contributed by atoms with Gasteiger partial charge in [0.1, 0.15) is 5.75 Å². The maximum atomic E-state index is 12.0. The normalized spacial score (nSPS) is 10.8. The minimum Gasteiger partial charge on any atom is -0.497 e. The number of hydrogen-bond acceptors (Lipinski definition) is 7. The molecule has 2 aromatic rings. The van der Waals surface area contributed by atoms with Gasteiger partial charge in [0.15, 0.2) is 5.82 Å². The predicted octanol–water partition coefficient (Wildman–Crippen LogP) is 2.16. The third kappa shape index (κ3) is 4.93. The van der Waals surface area contributed by atoms with Gasteiger partial charge in [-0.15, -0.1) is 10.2 Å². The lowest BCUT2D eigenvalue weighted by Gasteiger charge is -2.16. The van der Waals surface area contributed by atoms with Gasteiger partial charge in [0.2, 0.25) is 5.69 Å². The van der Waals surface area contributed by atoms with Crippen LogP contribution in [0.25, 0.3) is 0 Å². The van der Waals surface area contributed by atoms with Gasteiger partial charge < -0.3 is 19.7 Å². The van der Waals surface area contributed by atoms with Crippen LogP contribution in [0.1, 0.15) is 24.3 Å². The van der Waals surface area contributed by atoms with E-state index < -0.39 is 5.97 Å². The molecule has 136 valence electrons. The average molecular weight is 347 g/mol. The second-order valence-corrected chi connectivity index (χ2v) is 5.37. The number of benzene rings is 1. The van der Waals surface area contributed by atoms with E-state index in [0.717, 1.165) is 31.1 Å². The number of methoxy groups -OCH3 is 2. The zero-order chi connectivity index (χ0) is 18.2. The number of carbonyl (C=O) groups is 1. The second-order valence-electron chi connectivity index (χ2n) is 5.37. The summed E-state index contributed by atoms with van der Waals surface area (Å²) in [6.07, 6.45) is 0. The highest BCUT2D eigenvalue weighted by molar-refractivity contribution is 5.93. The Hall–Kier alpha value is -2.61. The number of esters is 1. The van der Waals surface area contributed by atoms with Gasteiger partial charge in [-0.25, -0.2) is 4.79 Å². The summed E-state index contributed by atoms with van der Waals surface area (Å²) in [7, 11) is 2.94. The van der Waals surface area contributed by atoms with E-state index in [9.17, 15) is 4.79 Å². The number of carbonyl (C=O) groups excluding carboxylic acids is 1. The van der Waals surface area contributed by atoms with Crippen LogP contribution in [-0.2, 0) is 11.3 Å². The highest BCUT2D eigenvalue weighted by Gasteiger charge is 2.19. The first-order chi connectivity index (χ1) is 12.1. The van der Waals surface area contributed by atoms with Crippen molar-refractivity contribution in [1.82, 2.24) is 19.9 Å². The average Bonchev–Trinajstić information content (AvgIpc) is 3.05. The standard InChI is InChI=1S/C17H25N5O3/c1-5-21(6-2)11-12-22-19-15(17(23)25-4)16(20-22)18-13-7-9-14(24-3)10-8-13/h7-10H,5-6,11-12H2,1-4H3,(H,18,20). The summed E-state index contributed by atoms with van der Waals surface area (Å²) < 4.78 is 9.95. The van der Waals surface area contributed by atoms with Crippen molar-refractivity contribution < 1.29 is 14.3 Å². The number of nitrogens with zero attached hydrogens (tertiary/aromatic N) is 4. The van der Waals surface area contributed by atoms with E-state index in [4.69, 9.17) is 9.47 Å². The molecule has 0 spiro atoms. The Labute approximate surface area is 147 Å². The van der Waals surface area contributed by atoms with Crippen molar-refractivity contribution in [1.29, 1.82) is 0 Å². The summed E-state index contributed by atoms with van der Waals surface area (Å²) in [6.45, 7) is 7.53. The van der Waals surface area contributed by atoms with E-state index in [0.29, 0.717) is 12.4 Å². The van der Waals surface area contributed by atoms with Gasteiger partial charge in [-0.05, 0) is 37.4 Å². The molecule has 0 amide bonds. The van der Waals surface area contributed by atoms with Crippen LogP contribution >= 0.6 is 0 Å². The molecule has 0 saturated carbocycles. The molecule has 1 aromatic carbocycles. The summed E-state index contributed by atoms with van der Waals surface area (Å²) >= 11 is 0. The first-order valence-electron chi connectivity index (χ1n) is 8.28. The minimum absolute atomic E-state index is 0.165. The summed E-state index contributed by atoms with van der Waals surface area (Å²) in [6, 6.07) is 7.33. The largest absolute Gasteiger partial charge is 0.497 e. The molecule has 0 unspecified atom stereocenters. The van der Waals surface area contributed by atoms with E-state index in [-0.39, 0.29) is 5.69 Å². The van der Waals surface area contributed by atoms with Crippen LogP contribution in [0.4, 0.5) is 11.5 Å². The third-order valence-electron chi connectivity index (χ3n) is 3.90. The maximum absolute atomic E-state index is 12.0. The molecule has 0 atom stereocenters. The zero-order valence-electron chi connectivity index (χ0n) is 15.2. The summed E-state index contributed by atoms with van der Waals surface area (Å²) in [5.74, 6) is 0.600. The molecule has 0 aliphatic rings.